The van der Waals surface area contributed by atoms with Crippen molar-refractivity contribution in [3.05, 3.63) is 5.82 Å². The molecule has 0 spiro atoms. The topological polar surface area (TPSA) is 97.8 Å². The van der Waals surface area contributed by atoms with E-state index in [0.29, 0.717) is 12.2 Å². The zero-order valence-corrected chi connectivity index (χ0v) is 11.1. The summed E-state index contributed by atoms with van der Waals surface area (Å²) >= 11 is 0. The molecule has 1 heterocycles. The number of nitrogens with zero attached hydrogens (tertiary/aromatic N) is 3. The summed E-state index contributed by atoms with van der Waals surface area (Å²) < 4.78 is 27.9. The van der Waals surface area contributed by atoms with E-state index in [2.05, 4.69) is 20.6 Å². The van der Waals surface area contributed by atoms with Crippen molar-refractivity contribution in [2.45, 2.75) is 27.2 Å². The molecule has 0 aromatic carbocycles. The molecule has 1 rings (SSSR count). The predicted octanol–water partition coefficient (Wildman–Crippen LogP) is 0.381. The van der Waals surface area contributed by atoms with Gasteiger partial charge in [0.1, 0.15) is 5.82 Å². The van der Waals surface area contributed by atoms with E-state index < -0.39 is 10.1 Å². The standard InChI is InChI=1S/C9H18N4O3S/c1-7(2)6-17(14,15)16-5-8(3)4-9-10-12-13-11-9/h7-8H,4-6H2,1-3H3,(H,10,11,12,13). The molecule has 1 atom stereocenters. The van der Waals surface area contributed by atoms with Crippen LogP contribution in [0.15, 0.2) is 0 Å². The van der Waals surface area contributed by atoms with Crippen LogP contribution in [0.2, 0.25) is 0 Å². The van der Waals surface area contributed by atoms with Crippen LogP contribution in [0.3, 0.4) is 0 Å². The van der Waals surface area contributed by atoms with Crippen LogP contribution in [-0.4, -0.2) is 41.4 Å². The Morgan fingerprint density at radius 3 is 2.59 bits per heavy atom. The van der Waals surface area contributed by atoms with Crippen molar-refractivity contribution >= 4 is 10.1 Å². The van der Waals surface area contributed by atoms with Crippen molar-refractivity contribution in [2.75, 3.05) is 12.4 Å². The van der Waals surface area contributed by atoms with E-state index in [0.717, 1.165) is 0 Å². The smallest absolute Gasteiger partial charge is 0.267 e. The molecule has 1 aromatic rings. The molecule has 7 nitrogen and oxygen atoms in total. The summed E-state index contributed by atoms with van der Waals surface area (Å²) in [5, 5.41) is 13.2. The van der Waals surface area contributed by atoms with Gasteiger partial charge < -0.3 is 0 Å². The van der Waals surface area contributed by atoms with Crippen LogP contribution in [0.1, 0.15) is 26.6 Å². The highest BCUT2D eigenvalue weighted by Crippen LogP contribution is 2.08. The zero-order valence-electron chi connectivity index (χ0n) is 10.3. The molecule has 0 radical (unpaired) electrons. The lowest BCUT2D eigenvalue weighted by Gasteiger charge is -2.11. The molecular weight excluding hydrogens is 244 g/mol. The fourth-order valence-corrected chi connectivity index (χ4v) is 2.68. The fraction of sp³-hybridized carbons (Fsp3) is 0.889. The second-order valence-electron chi connectivity index (χ2n) is 4.56. The molecule has 0 bridgehead atoms. The number of nitrogens with one attached hydrogen (secondary N) is 1. The van der Waals surface area contributed by atoms with Gasteiger partial charge in [-0.25, -0.2) is 5.10 Å². The number of aromatic nitrogens is 4. The Morgan fingerprint density at radius 1 is 1.35 bits per heavy atom. The van der Waals surface area contributed by atoms with Crippen molar-refractivity contribution in [1.29, 1.82) is 0 Å². The third-order valence-corrected chi connectivity index (χ3v) is 3.57. The minimum atomic E-state index is -3.42. The van der Waals surface area contributed by atoms with Crippen molar-refractivity contribution < 1.29 is 12.6 Å². The molecule has 1 aromatic heterocycles. The van der Waals surface area contributed by atoms with Crippen LogP contribution >= 0.6 is 0 Å². The minimum Gasteiger partial charge on any atom is -0.270 e. The van der Waals surface area contributed by atoms with E-state index in [1.165, 1.54) is 0 Å². The van der Waals surface area contributed by atoms with Gasteiger partial charge in [0, 0.05) is 6.42 Å². The van der Waals surface area contributed by atoms with Crippen LogP contribution in [0, 0.1) is 11.8 Å². The van der Waals surface area contributed by atoms with Crippen molar-refractivity contribution in [2.24, 2.45) is 11.8 Å². The number of aromatic amines is 1. The van der Waals surface area contributed by atoms with Crippen molar-refractivity contribution in [3.63, 3.8) is 0 Å². The number of hydrogen-bond acceptors (Lipinski definition) is 6. The Hall–Kier alpha value is -1.02. The van der Waals surface area contributed by atoms with Crippen LogP contribution in [-0.2, 0) is 20.7 Å². The average molecular weight is 262 g/mol. The first-order chi connectivity index (χ1) is 7.89. The van der Waals surface area contributed by atoms with Gasteiger partial charge in [0.15, 0.2) is 0 Å². The SMILES string of the molecule is CC(C)CS(=O)(=O)OCC(C)Cc1nnn[nH]1. The van der Waals surface area contributed by atoms with Crippen LogP contribution in [0.5, 0.6) is 0 Å². The zero-order chi connectivity index (χ0) is 12.9. The molecular formula is C9H18N4O3S. The van der Waals surface area contributed by atoms with E-state index >= 15 is 0 Å². The molecule has 0 amide bonds. The number of H-pyrrole nitrogens is 1. The first kappa shape index (κ1) is 14.0. The maximum absolute atomic E-state index is 11.5. The average Bonchev–Trinajstić information content (AvgIpc) is 2.65. The summed E-state index contributed by atoms with van der Waals surface area (Å²) in [6.07, 6.45) is 0.560. The van der Waals surface area contributed by atoms with Crippen molar-refractivity contribution in [3.8, 4) is 0 Å². The van der Waals surface area contributed by atoms with Gasteiger partial charge >= 0.3 is 0 Å². The predicted molar refractivity (Wildman–Crippen MR) is 61.6 cm³/mol. The summed E-state index contributed by atoms with van der Waals surface area (Å²) in [5.74, 6) is 0.770. The monoisotopic (exact) mass is 262 g/mol. The third-order valence-electron chi connectivity index (χ3n) is 2.00. The first-order valence-corrected chi connectivity index (χ1v) is 7.06. The molecule has 17 heavy (non-hydrogen) atoms. The highest BCUT2D eigenvalue weighted by molar-refractivity contribution is 7.86. The summed E-state index contributed by atoms with van der Waals surface area (Å²) in [6.45, 7) is 5.71. The third kappa shape index (κ3) is 5.73. The Bertz CT molecular complexity index is 415. The highest BCUT2D eigenvalue weighted by Gasteiger charge is 2.16. The van der Waals surface area contributed by atoms with Gasteiger partial charge in [0.2, 0.25) is 0 Å². The lowest BCUT2D eigenvalue weighted by Crippen LogP contribution is -2.19. The van der Waals surface area contributed by atoms with E-state index in [4.69, 9.17) is 4.18 Å². The number of hydrogen-bond donors (Lipinski definition) is 1. The minimum absolute atomic E-state index is 0.0340. The maximum atomic E-state index is 11.5. The molecule has 98 valence electrons. The Kier molecular flexibility index (Phi) is 5.01. The molecule has 1 N–H and O–H groups in total. The van der Waals surface area contributed by atoms with Gasteiger partial charge in [0.25, 0.3) is 10.1 Å². The lowest BCUT2D eigenvalue weighted by atomic mass is 10.1. The van der Waals surface area contributed by atoms with Gasteiger partial charge in [-0.15, -0.1) is 5.10 Å². The van der Waals surface area contributed by atoms with Gasteiger partial charge in [-0.1, -0.05) is 20.8 Å². The summed E-state index contributed by atoms with van der Waals surface area (Å²) in [7, 11) is -3.42. The van der Waals surface area contributed by atoms with E-state index in [-0.39, 0.29) is 24.2 Å². The normalized spacial score (nSPS) is 14.1. The highest BCUT2D eigenvalue weighted by atomic mass is 32.2. The van der Waals surface area contributed by atoms with Gasteiger partial charge in [0.05, 0.1) is 12.4 Å². The molecule has 0 aliphatic rings. The van der Waals surface area contributed by atoms with Gasteiger partial charge in [-0.2, -0.15) is 8.42 Å². The maximum Gasteiger partial charge on any atom is 0.267 e. The Labute approximate surface area is 101 Å². The molecule has 0 saturated carbocycles. The van der Waals surface area contributed by atoms with E-state index in [9.17, 15) is 8.42 Å². The number of tetrazole rings is 1. The molecule has 0 fully saturated rings. The number of rotatable bonds is 7. The second-order valence-corrected chi connectivity index (χ2v) is 6.24. The molecule has 1 unspecified atom stereocenters. The second kappa shape index (κ2) is 6.06. The molecule has 8 heteroatoms. The Balaban J connectivity index is 2.35. The van der Waals surface area contributed by atoms with Crippen molar-refractivity contribution in [1.82, 2.24) is 20.6 Å². The molecule has 0 aliphatic heterocycles. The molecule has 0 saturated heterocycles. The largest absolute Gasteiger partial charge is 0.270 e. The summed E-state index contributed by atoms with van der Waals surface area (Å²) in [4.78, 5) is 0. The van der Waals surface area contributed by atoms with Crippen LogP contribution in [0.25, 0.3) is 0 Å². The fourth-order valence-electron chi connectivity index (χ4n) is 1.33. The first-order valence-electron chi connectivity index (χ1n) is 5.48. The Morgan fingerprint density at radius 2 is 2.06 bits per heavy atom. The summed E-state index contributed by atoms with van der Waals surface area (Å²) in [6, 6.07) is 0. The van der Waals surface area contributed by atoms with E-state index in [1.54, 1.807) is 0 Å². The van der Waals surface area contributed by atoms with E-state index in [1.807, 2.05) is 20.8 Å². The summed E-state index contributed by atoms with van der Waals surface area (Å²) in [5.41, 5.74) is 0. The van der Waals surface area contributed by atoms with Gasteiger partial charge in [-0.3, -0.25) is 4.18 Å². The van der Waals surface area contributed by atoms with Gasteiger partial charge in [-0.05, 0) is 22.3 Å². The van der Waals surface area contributed by atoms with Crippen LogP contribution in [0.4, 0.5) is 0 Å². The molecule has 0 aliphatic carbocycles. The quantitative estimate of drug-likeness (QED) is 0.713. The van der Waals surface area contributed by atoms with Crippen LogP contribution < -0.4 is 0 Å². The lowest BCUT2D eigenvalue weighted by molar-refractivity contribution is 0.260.